The van der Waals surface area contributed by atoms with Gasteiger partial charge in [0, 0.05) is 20.1 Å². The summed E-state index contributed by atoms with van der Waals surface area (Å²) in [5.41, 5.74) is 1.16. The minimum atomic E-state index is -5.57. The fourth-order valence-electron chi connectivity index (χ4n) is 3.18. The average molecular weight is 519 g/mol. The molecule has 196 valence electrons. The summed E-state index contributed by atoms with van der Waals surface area (Å²) in [6.45, 7) is -1.33. The van der Waals surface area contributed by atoms with Gasteiger partial charge in [0.2, 0.25) is 0 Å². The molecule has 0 aromatic heterocycles. The van der Waals surface area contributed by atoms with Gasteiger partial charge in [-0.3, -0.25) is 0 Å². The number of para-hydroxylation sites is 1. The highest BCUT2D eigenvalue weighted by molar-refractivity contribution is 5.35. The van der Waals surface area contributed by atoms with Crippen molar-refractivity contribution in [3.8, 4) is 11.5 Å². The fourth-order valence-corrected chi connectivity index (χ4v) is 3.18. The number of benzene rings is 2. The SMILES string of the molecule is CO[C@@H](CCCN(C(F)(F)F)C(F)(F)F)Oc1ccccc1CCc1cccc(OC(F)(F)F)c1. The third-order valence-corrected chi connectivity index (χ3v) is 4.74. The van der Waals surface area contributed by atoms with E-state index in [1.807, 2.05) is 0 Å². The van der Waals surface area contributed by atoms with Crippen molar-refractivity contribution >= 4 is 0 Å². The normalized spacial score (nSPS) is 13.7. The monoisotopic (exact) mass is 519 g/mol. The van der Waals surface area contributed by atoms with E-state index in [0.29, 0.717) is 24.0 Å². The zero-order valence-corrected chi connectivity index (χ0v) is 18.3. The highest BCUT2D eigenvalue weighted by Crippen LogP contribution is 2.34. The number of halogens is 9. The number of nitrogens with zero attached hydrogens (tertiary/aromatic N) is 1. The van der Waals surface area contributed by atoms with Crippen LogP contribution in [0.1, 0.15) is 24.0 Å². The second-order valence-electron chi connectivity index (χ2n) is 7.32. The molecule has 0 aliphatic carbocycles. The van der Waals surface area contributed by atoms with E-state index < -0.39 is 43.1 Å². The Morgan fingerprint density at radius 3 is 2.09 bits per heavy atom. The van der Waals surface area contributed by atoms with Gasteiger partial charge in [0.25, 0.3) is 0 Å². The lowest BCUT2D eigenvalue weighted by Gasteiger charge is -2.27. The van der Waals surface area contributed by atoms with E-state index in [-0.39, 0.29) is 17.9 Å². The Morgan fingerprint density at radius 1 is 0.829 bits per heavy atom. The van der Waals surface area contributed by atoms with Crippen LogP contribution in [-0.4, -0.2) is 43.8 Å². The van der Waals surface area contributed by atoms with Crippen molar-refractivity contribution in [1.82, 2.24) is 4.90 Å². The Hall–Kier alpha value is -2.67. The van der Waals surface area contributed by atoms with Crippen molar-refractivity contribution in [1.29, 1.82) is 0 Å². The van der Waals surface area contributed by atoms with E-state index in [4.69, 9.17) is 9.47 Å². The smallest absolute Gasteiger partial charge is 0.465 e. The van der Waals surface area contributed by atoms with Gasteiger partial charge < -0.3 is 14.2 Å². The topological polar surface area (TPSA) is 30.9 Å². The molecule has 35 heavy (non-hydrogen) atoms. The van der Waals surface area contributed by atoms with Gasteiger partial charge in [0.15, 0.2) is 6.29 Å². The van der Waals surface area contributed by atoms with E-state index in [2.05, 4.69) is 4.74 Å². The number of rotatable bonds is 11. The summed E-state index contributed by atoms with van der Waals surface area (Å²) in [5, 5.41) is 0. The second kappa shape index (κ2) is 11.8. The van der Waals surface area contributed by atoms with Gasteiger partial charge in [-0.1, -0.05) is 30.3 Å². The van der Waals surface area contributed by atoms with Gasteiger partial charge >= 0.3 is 19.0 Å². The Morgan fingerprint density at radius 2 is 1.49 bits per heavy atom. The molecule has 0 N–H and O–H groups in total. The van der Waals surface area contributed by atoms with Crippen molar-refractivity contribution in [2.45, 2.75) is 50.9 Å². The molecule has 0 bridgehead atoms. The van der Waals surface area contributed by atoms with E-state index in [1.165, 1.54) is 19.2 Å². The summed E-state index contributed by atoms with van der Waals surface area (Å²) in [4.78, 5) is -1.52. The zero-order chi connectivity index (χ0) is 26.3. The number of methoxy groups -OCH3 is 1. The van der Waals surface area contributed by atoms with Crippen LogP contribution in [0.5, 0.6) is 11.5 Å². The van der Waals surface area contributed by atoms with Crippen molar-refractivity contribution in [3.63, 3.8) is 0 Å². The Balaban J connectivity index is 2.00. The highest BCUT2D eigenvalue weighted by atomic mass is 19.4. The molecule has 0 unspecified atom stereocenters. The molecule has 0 saturated heterocycles. The molecule has 0 fully saturated rings. The average Bonchev–Trinajstić information content (AvgIpc) is 2.72. The molecule has 1 atom stereocenters. The van der Waals surface area contributed by atoms with Crippen molar-refractivity contribution in [3.05, 3.63) is 59.7 Å². The van der Waals surface area contributed by atoms with Crippen LogP contribution >= 0.6 is 0 Å². The number of alkyl halides is 9. The lowest BCUT2D eigenvalue weighted by atomic mass is 10.0. The molecule has 0 aliphatic rings. The largest absolute Gasteiger partial charge is 0.573 e. The Labute approximate surface area is 195 Å². The van der Waals surface area contributed by atoms with Crippen molar-refractivity contribution in [2.24, 2.45) is 0 Å². The molecular formula is C22H22F9NO3. The summed E-state index contributed by atoms with van der Waals surface area (Å²) < 4.78 is 128. The molecule has 0 aliphatic heterocycles. The maximum atomic E-state index is 12.6. The number of ether oxygens (including phenoxy) is 3. The van der Waals surface area contributed by atoms with Crippen LogP contribution < -0.4 is 9.47 Å². The van der Waals surface area contributed by atoms with E-state index in [1.54, 1.807) is 30.3 Å². The van der Waals surface area contributed by atoms with Gasteiger partial charge in [0.05, 0.1) is 0 Å². The van der Waals surface area contributed by atoms with Gasteiger partial charge in [-0.15, -0.1) is 18.1 Å². The van der Waals surface area contributed by atoms with Gasteiger partial charge in [-0.25, -0.2) is 0 Å². The van der Waals surface area contributed by atoms with E-state index in [9.17, 15) is 39.5 Å². The third kappa shape index (κ3) is 9.84. The quantitative estimate of drug-likeness (QED) is 0.185. The molecule has 0 radical (unpaired) electrons. The van der Waals surface area contributed by atoms with Crippen LogP contribution in [0.2, 0.25) is 0 Å². The lowest BCUT2D eigenvalue weighted by Crippen LogP contribution is -2.48. The van der Waals surface area contributed by atoms with Crippen LogP contribution in [0.25, 0.3) is 0 Å². The lowest BCUT2D eigenvalue weighted by molar-refractivity contribution is -0.373. The Bertz CT molecular complexity index is 915. The van der Waals surface area contributed by atoms with Gasteiger partial charge in [-0.05, 0) is 48.6 Å². The first-order chi connectivity index (χ1) is 16.2. The summed E-state index contributed by atoms with van der Waals surface area (Å²) in [5.74, 6) is -0.0868. The van der Waals surface area contributed by atoms with Crippen LogP contribution in [0.4, 0.5) is 39.5 Å². The summed E-state index contributed by atoms with van der Waals surface area (Å²) >= 11 is 0. The molecule has 13 heteroatoms. The molecule has 4 nitrogen and oxygen atoms in total. The van der Waals surface area contributed by atoms with Crippen LogP contribution in [0.3, 0.4) is 0 Å². The van der Waals surface area contributed by atoms with Crippen molar-refractivity contribution in [2.75, 3.05) is 13.7 Å². The van der Waals surface area contributed by atoms with Gasteiger partial charge in [0.1, 0.15) is 11.5 Å². The van der Waals surface area contributed by atoms with E-state index >= 15 is 0 Å². The summed E-state index contributed by atoms with van der Waals surface area (Å²) in [6, 6.07) is 11.9. The number of hydrogen-bond donors (Lipinski definition) is 0. The second-order valence-corrected chi connectivity index (χ2v) is 7.32. The molecule has 2 aromatic carbocycles. The highest BCUT2D eigenvalue weighted by Gasteiger charge is 2.53. The maximum absolute atomic E-state index is 12.6. The van der Waals surface area contributed by atoms with Crippen LogP contribution in [0, 0.1) is 0 Å². The molecule has 2 rings (SSSR count). The molecule has 0 heterocycles. The van der Waals surface area contributed by atoms with Crippen LogP contribution in [0.15, 0.2) is 48.5 Å². The number of aryl methyl sites for hydroxylation is 2. The Kier molecular flexibility index (Phi) is 9.67. The summed E-state index contributed by atoms with van der Waals surface area (Å²) in [6.07, 6.45) is -17.3. The van der Waals surface area contributed by atoms with Crippen LogP contribution in [-0.2, 0) is 17.6 Å². The zero-order valence-electron chi connectivity index (χ0n) is 18.3. The molecule has 0 spiro atoms. The fraction of sp³-hybridized carbons (Fsp3) is 0.455. The molecule has 0 saturated carbocycles. The molecular weight excluding hydrogens is 497 g/mol. The van der Waals surface area contributed by atoms with Gasteiger partial charge in [-0.2, -0.15) is 26.3 Å². The number of hydrogen-bond acceptors (Lipinski definition) is 4. The predicted octanol–water partition coefficient (Wildman–Crippen LogP) is 6.84. The molecule has 2 aromatic rings. The first-order valence-corrected chi connectivity index (χ1v) is 10.2. The van der Waals surface area contributed by atoms with E-state index in [0.717, 1.165) is 6.07 Å². The minimum Gasteiger partial charge on any atom is -0.465 e. The maximum Gasteiger partial charge on any atom is 0.573 e. The minimum absolute atomic E-state index is 0.260. The first kappa shape index (κ1) is 28.6. The van der Waals surface area contributed by atoms with Crippen molar-refractivity contribution < 1.29 is 53.7 Å². The first-order valence-electron chi connectivity index (χ1n) is 10.2. The standard InChI is InChI=1S/C22H22F9NO3/c1-33-19(10-5-13-32(20(23,24)25)21(26,27)28)34-18-9-3-2-7-16(18)12-11-15-6-4-8-17(14-15)35-22(29,30)31/h2-4,6-9,14,19H,5,10-13H2,1H3/t19-/m1/s1. The summed E-state index contributed by atoms with van der Waals surface area (Å²) in [7, 11) is 1.20. The third-order valence-electron chi connectivity index (χ3n) is 4.74. The predicted molar refractivity (Wildman–Crippen MR) is 106 cm³/mol. The molecule has 0 amide bonds.